The first kappa shape index (κ1) is 12.3. The summed E-state index contributed by atoms with van der Waals surface area (Å²) in [5.74, 6) is 1.12. The Bertz CT molecular complexity index is 704. The molecule has 0 aliphatic carbocycles. The average Bonchev–Trinajstić information content (AvgIpc) is 3.09. The van der Waals surface area contributed by atoms with E-state index in [0.29, 0.717) is 25.2 Å². The molecule has 0 fully saturated rings. The van der Waals surface area contributed by atoms with Crippen molar-refractivity contribution in [2.24, 2.45) is 0 Å². The number of nitrogens with one attached hydrogen (secondary N) is 2. The van der Waals surface area contributed by atoms with Crippen molar-refractivity contribution in [1.82, 2.24) is 29.8 Å². The number of pyridine rings is 1. The van der Waals surface area contributed by atoms with Crippen LogP contribution in [0, 0.1) is 0 Å². The van der Waals surface area contributed by atoms with Gasteiger partial charge in [0.1, 0.15) is 12.2 Å². The van der Waals surface area contributed by atoms with Gasteiger partial charge in [0.05, 0.1) is 0 Å². The standard InChI is InChI=1S/C12H13N7O/c20-11(15-12-13-8-14-18-12)6-3-5-10-17-16-9-4-1-2-7-19(9)10/h1-2,4,7-8H,3,5-6H2,(H2,13,14,15,18,20). The van der Waals surface area contributed by atoms with Crippen LogP contribution < -0.4 is 5.32 Å². The van der Waals surface area contributed by atoms with Gasteiger partial charge in [-0.1, -0.05) is 6.07 Å². The Kier molecular flexibility index (Phi) is 3.36. The zero-order chi connectivity index (χ0) is 13.8. The lowest BCUT2D eigenvalue weighted by Crippen LogP contribution is -2.12. The number of nitrogens with zero attached hydrogens (tertiary/aromatic N) is 5. The summed E-state index contributed by atoms with van der Waals surface area (Å²) < 4.78 is 1.92. The molecule has 3 aromatic rings. The Hall–Kier alpha value is -2.77. The number of fused-ring (bicyclic) bond motifs is 1. The predicted molar refractivity (Wildman–Crippen MR) is 70.9 cm³/mol. The monoisotopic (exact) mass is 271 g/mol. The van der Waals surface area contributed by atoms with Gasteiger partial charge in [-0.15, -0.1) is 10.2 Å². The van der Waals surface area contributed by atoms with Crippen LogP contribution in [0.25, 0.3) is 5.65 Å². The van der Waals surface area contributed by atoms with Crippen LogP contribution in [-0.4, -0.2) is 35.7 Å². The highest BCUT2D eigenvalue weighted by Gasteiger charge is 2.07. The summed E-state index contributed by atoms with van der Waals surface area (Å²) in [5, 5.41) is 17.0. The number of aryl methyl sites for hydroxylation is 1. The van der Waals surface area contributed by atoms with E-state index in [9.17, 15) is 4.79 Å². The maximum atomic E-state index is 11.7. The summed E-state index contributed by atoms with van der Waals surface area (Å²) >= 11 is 0. The second-order valence-corrected chi connectivity index (χ2v) is 4.28. The Balaban J connectivity index is 1.53. The van der Waals surface area contributed by atoms with Gasteiger partial charge in [-0.2, -0.15) is 10.1 Å². The Labute approximate surface area is 114 Å². The van der Waals surface area contributed by atoms with Gasteiger partial charge in [-0.05, 0) is 18.6 Å². The second kappa shape index (κ2) is 5.47. The fourth-order valence-electron chi connectivity index (χ4n) is 1.93. The lowest BCUT2D eigenvalue weighted by atomic mass is 10.2. The first-order valence-corrected chi connectivity index (χ1v) is 6.27. The van der Waals surface area contributed by atoms with Crippen molar-refractivity contribution in [1.29, 1.82) is 0 Å². The molecule has 1 amide bonds. The zero-order valence-electron chi connectivity index (χ0n) is 10.7. The summed E-state index contributed by atoms with van der Waals surface area (Å²) in [6.07, 6.45) is 5.03. The van der Waals surface area contributed by atoms with E-state index in [-0.39, 0.29) is 5.91 Å². The number of hydrogen-bond acceptors (Lipinski definition) is 5. The van der Waals surface area contributed by atoms with E-state index in [1.165, 1.54) is 6.33 Å². The van der Waals surface area contributed by atoms with E-state index in [1.54, 1.807) is 0 Å². The van der Waals surface area contributed by atoms with Gasteiger partial charge in [-0.25, -0.2) is 5.10 Å². The Morgan fingerprint density at radius 3 is 3.15 bits per heavy atom. The van der Waals surface area contributed by atoms with Gasteiger partial charge >= 0.3 is 0 Å². The minimum atomic E-state index is -0.101. The number of carbonyl (C=O) groups is 1. The normalized spacial score (nSPS) is 10.8. The molecule has 3 rings (SSSR count). The summed E-state index contributed by atoms with van der Waals surface area (Å²) in [4.78, 5) is 15.5. The first-order chi connectivity index (χ1) is 9.83. The maximum Gasteiger partial charge on any atom is 0.226 e. The van der Waals surface area contributed by atoms with Crippen LogP contribution in [0.3, 0.4) is 0 Å². The van der Waals surface area contributed by atoms with Crippen LogP contribution in [0.15, 0.2) is 30.7 Å². The third-order valence-corrected chi connectivity index (χ3v) is 2.86. The SMILES string of the molecule is O=C(CCCc1nnc2ccccn12)Nc1ncn[nH]1. The molecular formula is C12H13N7O. The van der Waals surface area contributed by atoms with Gasteiger partial charge in [0.25, 0.3) is 0 Å². The fourth-order valence-corrected chi connectivity index (χ4v) is 1.93. The van der Waals surface area contributed by atoms with Gasteiger partial charge < -0.3 is 0 Å². The molecule has 0 aliphatic heterocycles. The van der Waals surface area contributed by atoms with Crippen LogP contribution in [0.2, 0.25) is 0 Å². The summed E-state index contributed by atoms with van der Waals surface area (Å²) in [7, 11) is 0. The lowest BCUT2D eigenvalue weighted by Gasteiger charge is -2.01. The van der Waals surface area contributed by atoms with Gasteiger partial charge in [0.2, 0.25) is 11.9 Å². The van der Waals surface area contributed by atoms with Crippen LogP contribution in [0.1, 0.15) is 18.7 Å². The highest BCUT2D eigenvalue weighted by atomic mass is 16.1. The number of anilines is 1. The molecule has 0 bridgehead atoms. The van der Waals surface area contributed by atoms with Crippen molar-refractivity contribution < 1.29 is 4.79 Å². The lowest BCUT2D eigenvalue weighted by molar-refractivity contribution is -0.116. The molecule has 8 nitrogen and oxygen atoms in total. The average molecular weight is 271 g/mol. The first-order valence-electron chi connectivity index (χ1n) is 6.27. The minimum Gasteiger partial charge on any atom is -0.295 e. The van der Waals surface area contributed by atoms with Gasteiger partial charge in [0, 0.05) is 19.0 Å². The molecule has 0 aliphatic rings. The van der Waals surface area contributed by atoms with Crippen LogP contribution in [-0.2, 0) is 11.2 Å². The smallest absolute Gasteiger partial charge is 0.226 e. The Morgan fingerprint density at radius 2 is 2.30 bits per heavy atom. The van der Waals surface area contributed by atoms with E-state index >= 15 is 0 Å². The molecule has 2 N–H and O–H groups in total. The summed E-state index contributed by atoms with van der Waals surface area (Å²) in [5.41, 5.74) is 0.814. The number of H-pyrrole nitrogens is 1. The molecule has 3 aromatic heterocycles. The number of rotatable bonds is 5. The fraction of sp³-hybridized carbons (Fsp3) is 0.250. The van der Waals surface area contributed by atoms with Gasteiger partial charge in [0.15, 0.2) is 5.65 Å². The summed E-state index contributed by atoms with van der Waals surface area (Å²) in [6, 6.07) is 5.74. The maximum absolute atomic E-state index is 11.7. The van der Waals surface area contributed by atoms with Crippen LogP contribution in [0.5, 0.6) is 0 Å². The zero-order valence-corrected chi connectivity index (χ0v) is 10.7. The molecule has 0 atom stereocenters. The van der Waals surface area contributed by atoms with E-state index in [4.69, 9.17) is 0 Å². The van der Waals surface area contributed by atoms with E-state index in [1.807, 2.05) is 28.8 Å². The number of aromatic amines is 1. The molecular weight excluding hydrogens is 258 g/mol. The van der Waals surface area contributed by atoms with E-state index < -0.39 is 0 Å². The van der Waals surface area contributed by atoms with Gasteiger partial charge in [-0.3, -0.25) is 14.5 Å². The van der Waals surface area contributed by atoms with E-state index in [2.05, 4.69) is 30.7 Å². The Morgan fingerprint density at radius 1 is 1.35 bits per heavy atom. The second-order valence-electron chi connectivity index (χ2n) is 4.28. The molecule has 102 valence electrons. The highest BCUT2D eigenvalue weighted by Crippen LogP contribution is 2.07. The minimum absolute atomic E-state index is 0.101. The van der Waals surface area contributed by atoms with Crippen LogP contribution >= 0.6 is 0 Å². The molecule has 0 radical (unpaired) electrons. The van der Waals surface area contributed by atoms with Crippen molar-refractivity contribution in [3.05, 3.63) is 36.5 Å². The van der Waals surface area contributed by atoms with Crippen molar-refractivity contribution in [2.45, 2.75) is 19.3 Å². The van der Waals surface area contributed by atoms with Crippen LogP contribution in [0.4, 0.5) is 5.95 Å². The number of hydrogen-bond donors (Lipinski definition) is 2. The molecule has 8 heteroatoms. The molecule has 3 heterocycles. The predicted octanol–water partition coefficient (Wildman–Crippen LogP) is 0.809. The van der Waals surface area contributed by atoms with Crippen molar-refractivity contribution >= 4 is 17.5 Å². The highest BCUT2D eigenvalue weighted by molar-refractivity contribution is 5.88. The quantitative estimate of drug-likeness (QED) is 0.715. The van der Waals surface area contributed by atoms with Crippen molar-refractivity contribution in [2.75, 3.05) is 5.32 Å². The molecule has 0 saturated heterocycles. The largest absolute Gasteiger partial charge is 0.295 e. The number of aromatic nitrogens is 6. The number of carbonyl (C=O) groups excluding carboxylic acids is 1. The van der Waals surface area contributed by atoms with Crippen molar-refractivity contribution in [3.8, 4) is 0 Å². The summed E-state index contributed by atoms with van der Waals surface area (Å²) in [6.45, 7) is 0. The molecule has 0 saturated carbocycles. The van der Waals surface area contributed by atoms with E-state index in [0.717, 1.165) is 11.5 Å². The number of amides is 1. The molecule has 20 heavy (non-hydrogen) atoms. The topological polar surface area (TPSA) is 101 Å². The third kappa shape index (κ3) is 2.63. The molecule has 0 aromatic carbocycles. The third-order valence-electron chi connectivity index (χ3n) is 2.86. The molecule has 0 spiro atoms. The van der Waals surface area contributed by atoms with Crippen molar-refractivity contribution in [3.63, 3.8) is 0 Å². The molecule has 0 unspecified atom stereocenters.